The predicted molar refractivity (Wildman–Crippen MR) is 70.3 cm³/mol. The van der Waals surface area contributed by atoms with Crippen LogP contribution in [0.2, 0.25) is 0 Å². The fourth-order valence-electron chi connectivity index (χ4n) is 1.90. The van der Waals surface area contributed by atoms with Crippen molar-refractivity contribution in [2.24, 2.45) is 11.0 Å². The summed E-state index contributed by atoms with van der Waals surface area (Å²) in [5, 5.41) is 5.99. The van der Waals surface area contributed by atoms with Crippen LogP contribution in [-0.4, -0.2) is 11.6 Å². The number of carbonyl (C=O) groups excluding carboxylic acids is 1. The summed E-state index contributed by atoms with van der Waals surface area (Å²) >= 11 is 0. The summed E-state index contributed by atoms with van der Waals surface area (Å²) in [5.74, 6) is 0.400. The molecule has 0 atom stereocenters. The molecular formula is C14H18N2O. The van der Waals surface area contributed by atoms with Crippen LogP contribution in [0.3, 0.4) is 0 Å². The molecule has 3 nitrogen and oxygen atoms in total. The number of rotatable bonds is 2. The zero-order valence-corrected chi connectivity index (χ0v) is 10.8. The Balaban J connectivity index is 2.40. The van der Waals surface area contributed by atoms with Gasteiger partial charge < -0.3 is 0 Å². The highest BCUT2D eigenvalue weighted by Crippen LogP contribution is 2.26. The van der Waals surface area contributed by atoms with Crippen LogP contribution in [0.25, 0.3) is 0 Å². The third-order valence-electron chi connectivity index (χ3n) is 3.06. The number of carbonyl (C=O) groups is 1. The second-order valence-electron chi connectivity index (χ2n) is 4.92. The summed E-state index contributed by atoms with van der Waals surface area (Å²) in [6.45, 7) is 8.17. The molecule has 0 bridgehead atoms. The molecule has 0 saturated carbocycles. The standard InChI is InChI=1S/C14H18N2O/c1-9(2)12-8-14(17)16(15-12)13-7-10(3)5-6-11(13)4/h5-7,9H,8H2,1-4H3. The summed E-state index contributed by atoms with van der Waals surface area (Å²) in [4.78, 5) is 12.0. The molecule has 17 heavy (non-hydrogen) atoms. The van der Waals surface area contributed by atoms with Gasteiger partial charge in [-0.2, -0.15) is 5.10 Å². The molecule has 0 fully saturated rings. The highest BCUT2D eigenvalue weighted by Gasteiger charge is 2.27. The smallest absolute Gasteiger partial charge is 0.253 e. The van der Waals surface area contributed by atoms with Crippen molar-refractivity contribution in [1.29, 1.82) is 0 Å². The normalized spacial score (nSPS) is 15.7. The Morgan fingerprint density at radius 3 is 2.59 bits per heavy atom. The first-order valence-corrected chi connectivity index (χ1v) is 5.96. The van der Waals surface area contributed by atoms with Gasteiger partial charge in [-0.15, -0.1) is 0 Å². The van der Waals surface area contributed by atoms with E-state index in [0.717, 1.165) is 22.5 Å². The first-order valence-electron chi connectivity index (χ1n) is 5.96. The van der Waals surface area contributed by atoms with Crippen molar-refractivity contribution in [1.82, 2.24) is 0 Å². The molecule has 1 heterocycles. The Labute approximate surface area is 102 Å². The molecule has 1 aliphatic rings. The van der Waals surface area contributed by atoms with Crippen LogP contribution in [0.4, 0.5) is 5.69 Å². The molecule has 0 spiro atoms. The van der Waals surface area contributed by atoms with E-state index >= 15 is 0 Å². The van der Waals surface area contributed by atoms with Crippen LogP contribution >= 0.6 is 0 Å². The van der Waals surface area contributed by atoms with Crippen molar-refractivity contribution in [2.75, 3.05) is 5.01 Å². The van der Waals surface area contributed by atoms with E-state index in [1.807, 2.05) is 32.0 Å². The van der Waals surface area contributed by atoms with Gasteiger partial charge in [0.1, 0.15) is 0 Å². The number of nitrogens with zero attached hydrogens (tertiary/aromatic N) is 2. The lowest BCUT2D eigenvalue weighted by Gasteiger charge is -2.15. The average molecular weight is 230 g/mol. The molecule has 1 amide bonds. The van der Waals surface area contributed by atoms with E-state index in [2.05, 4.69) is 18.9 Å². The van der Waals surface area contributed by atoms with Crippen LogP contribution in [0.1, 0.15) is 31.4 Å². The summed E-state index contributed by atoms with van der Waals surface area (Å²) in [5.41, 5.74) is 4.10. The maximum atomic E-state index is 12.0. The molecular weight excluding hydrogens is 212 g/mol. The Kier molecular flexibility index (Phi) is 3.01. The second-order valence-corrected chi connectivity index (χ2v) is 4.92. The van der Waals surface area contributed by atoms with E-state index in [4.69, 9.17) is 0 Å². The highest BCUT2D eigenvalue weighted by atomic mass is 16.2. The molecule has 1 aromatic rings. The zero-order valence-electron chi connectivity index (χ0n) is 10.8. The number of benzene rings is 1. The van der Waals surface area contributed by atoms with Crippen LogP contribution in [-0.2, 0) is 4.79 Å². The largest absolute Gasteiger partial charge is 0.272 e. The monoisotopic (exact) mass is 230 g/mol. The molecule has 0 radical (unpaired) electrons. The summed E-state index contributed by atoms with van der Waals surface area (Å²) in [7, 11) is 0. The first-order chi connectivity index (χ1) is 7.99. The Bertz CT molecular complexity index is 489. The van der Waals surface area contributed by atoms with E-state index in [1.165, 1.54) is 0 Å². The molecule has 0 saturated heterocycles. The van der Waals surface area contributed by atoms with Crippen molar-refractivity contribution in [2.45, 2.75) is 34.1 Å². The minimum atomic E-state index is 0.0717. The van der Waals surface area contributed by atoms with Crippen LogP contribution in [0, 0.1) is 19.8 Å². The van der Waals surface area contributed by atoms with Gasteiger partial charge in [0, 0.05) is 0 Å². The number of hydrogen-bond acceptors (Lipinski definition) is 2. The molecule has 0 unspecified atom stereocenters. The maximum absolute atomic E-state index is 12.0. The van der Waals surface area contributed by atoms with E-state index < -0.39 is 0 Å². The lowest BCUT2D eigenvalue weighted by molar-refractivity contribution is -0.116. The second kappa shape index (κ2) is 4.32. The average Bonchev–Trinajstić information content (AvgIpc) is 2.64. The Morgan fingerprint density at radius 2 is 2.00 bits per heavy atom. The van der Waals surface area contributed by atoms with Crippen LogP contribution < -0.4 is 5.01 Å². The molecule has 0 aliphatic carbocycles. The van der Waals surface area contributed by atoms with Crippen molar-refractivity contribution in [3.05, 3.63) is 29.3 Å². The molecule has 1 aliphatic heterocycles. The fraction of sp³-hybridized carbons (Fsp3) is 0.429. The van der Waals surface area contributed by atoms with Crippen molar-refractivity contribution >= 4 is 17.3 Å². The van der Waals surface area contributed by atoms with Gasteiger partial charge in [-0.05, 0) is 37.0 Å². The SMILES string of the molecule is Cc1ccc(C)c(N2N=C(C(C)C)CC2=O)c1. The summed E-state index contributed by atoms with van der Waals surface area (Å²) in [6.07, 6.45) is 0.449. The Hall–Kier alpha value is -1.64. The van der Waals surface area contributed by atoms with Gasteiger partial charge >= 0.3 is 0 Å². The van der Waals surface area contributed by atoms with E-state index in [0.29, 0.717) is 12.3 Å². The number of amides is 1. The highest BCUT2D eigenvalue weighted by molar-refractivity contribution is 6.13. The van der Waals surface area contributed by atoms with Crippen molar-refractivity contribution < 1.29 is 4.79 Å². The third-order valence-corrected chi connectivity index (χ3v) is 3.06. The number of anilines is 1. The van der Waals surface area contributed by atoms with Gasteiger partial charge in [0.05, 0.1) is 17.8 Å². The zero-order chi connectivity index (χ0) is 12.6. The van der Waals surface area contributed by atoms with E-state index in [-0.39, 0.29) is 5.91 Å². The fourth-order valence-corrected chi connectivity index (χ4v) is 1.90. The van der Waals surface area contributed by atoms with Gasteiger partial charge in [0.2, 0.25) is 0 Å². The quantitative estimate of drug-likeness (QED) is 0.768. The number of hydrazone groups is 1. The molecule has 90 valence electrons. The molecule has 1 aromatic carbocycles. The van der Waals surface area contributed by atoms with Crippen LogP contribution in [0.15, 0.2) is 23.3 Å². The molecule has 0 N–H and O–H groups in total. The first kappa shape index (κ1) is 11.8. The minimum Gasteiger partial charge on any atom is -0.272 e. The van der Waals surface area contributed by atoms with Gasteiger partial charge in [-0.3, -0.25) is 4.79 Å². The van der Waals surface area contributed by atoms with Crippen molar-refractivity contribution in [3.8, 4) is 0 Å². The molecule has 0 aromatic heterocycles. The van der Waals surface area contributed by atoms with Gasteiger partial charge in [-0.1, -0.05) is 26.0 Å². The molecule has 3 heteroatoms. The van der Waals surface area contributed by atoms with Gasteiger partial charge in [-0.25, -0.2) is 5.01 Å². The Morgan fingerprint density at radius 1 is 1.29 bits per heavy atom. The summed E-state index contributed by atoms with van der Waals surface area (Å²) < 4.78 is 0. The van der Waals surface area contributed by atoms with E-state index in [1.54, 1.807) is 5.01 Å². The number of aryl methyl sites for hydroxylation is 2. The minimum absolute atomic E-state index is 0.0717. The van der Waals surface area contributed by atoms with Gasteiger partial charge in [0.25, 0.3) is 5.91 Å². The maximum Gasteiger partial charge on any atom is 0.253 e. The van der Waals surface area contributed by atoms with Crippen molar-refractivity contribution in [3.63, 3.8) is 0 Å². The lowest BCUT2D eigenvalue weighted by atomic mass is 10.1. The number of hydrogen-bond donors (Lipinski definition) is 0. The summed E-state index contributed by atoms with van der Waals surface area (Å²) in [6, 6.07) is 6.09. The molecule has 2 rings (SSSR count). The van der Waals surface area contributed by atoms with E-state index in [9.17, 15) is 4.79 Å². The lowest BCUT2D eigenvalue weighted by Crippen LogP contribution is -2.20. The predicted octanol–water partition coefficient (Wildman–Crippen LogP) is 3.05. The third kappa shape index (κ3) is 2.23. The topological polar surface area (TPSA) is 32.7 Å². The van der Waals surface area contributed by atoms with Crippen LogP contribution in [0.5, 0.6) is 0 Å². The van der Waals surface area contributed by atoms with Gasteiger partial charge in [0.15, 0.2) is 0 Å².